The molecule has 228 valence electrons. The number of rotatable bonds is 12. The fraction of sp³-hybridized carbons (Fsp3) is 0.184. The average molecular weight is 601 g/mol. The Labute approximate surface area is 264 Å². The van der Waals surface area contributed by atoms with Crippen molar-refractivity contribution in [3.63, 3.8) is 0 Å². The van der Waals surface area contributed by atoms with Crippen LogP contribution in [0.1, 0.15) is 41.6 Å². The van der Waals surface area contributed by atoms with Crippen LogP contribution < -0.4 is 19.9 Å². The quantitative estimate of drug-likeness (QED) is 0.114. The number of amides is 2. The second kappa shape index (κ2) is 15.3. The fourth-order valence-electron chi connectivity index (χ4n) is 5.01. The van der Waals surface area contributed by atoms with Crippen LogP contribution in [0.4, 0.5) is 10.5 Å². The summed E-state index contributed by atoms with van der Waals surface area (Å²) in [5.41, 5.74) is 5.66. The van der Waals surface area contributed by atoms with E-state index in [1.807, 2.05) is 104 Å². The van der Waals surface area contributed by atoms with Crippen molar-refractivity contribution >= 4 is 17.7 Å². The number of nitrogens with zero attached hydrogens (tertiary/aromatic N) is 1. The highest BCUT2D eigenvalue weighted by Crippen LogP contribution is 2.24. The smallest absolute Gasteiger partial charge is 0.343 e. The lowest BCUT2D eigenvalue weighted by atomic mass is 9.98. The molecule has 5 rings (SSSR count). The highest BCUT2D eigenvalue weighted by Gasteiger charge is 2.28. The van der Waals surface area contributed by atoms with Gasteiger partial charge in [-0.15, -0.1) is 0 Å². The van der Waals surface area contributed by atoms with Crippen LogP contribution in [0.2, 0.25) is 0 Å². The second-order valence-corrected chi connectivity index (χ2v) is 11.0. The van der Waals surface area contributed by atoms with Gasteiger partial charge < -0.3 is 20.1 Å². The lowest BCUT2D eigenvalue weighted by molar-refractivity contribution is -0.763. The molecule has 7 heteroatoms. The van der Waals surface area contributed by atoms with E-state index < -0.39 is 6.23 Å². The summed E-state index contributed by atoms with van der Waals surface area (Å²) in [5, 5.41) is 5.76. The van der Waals surface area contributed by atoms with Gasteiger partial charge in [-0.25, -0.2) is 9.59 Å². The van der Waals surface area contributed by atoms with Gasteiger partial charge in [0.2, 0.25) is 0 Å². The van der Waals surface area contributed by atoms with Gasteiger partial charge in [-0.1, -0.05) is 86.6 Å². The molecule has 0 saturated heterocycles. The summed E-state index contributed by atoms with van der Waals surface area (Å²) < 4.78 is 13.7. The maximum absolute atomic E-state index is 12.7. The molecular weight excluding hydrogens is 562 g/mol. The molecule has 0 radical (unpaired) electrons. The number of nitrogens with one attached hydrogen (secondary N) is 2. The standard InChI is InChI=1S/C38H37N3O4/c1-28(2)36(45-37(42)32-16-7-4-8-17-32)41-24-11-12-29(27-41)26-39-38(43)40-33-19-21-34(22-20-33)44-25-23-31-15-9-10-18-35(31)30-13-5-3-6-14-30/h3-22,24,27-28,36H,23,25-26H2,1-2H3,(H-,39,40,43)/p+1. The Morgan fingerprint density at radius 2 is 1.47 bits per heavy atom. The van der Waals surface area contributed by atoms with E-state index in [0.717, 1.165) is 17.7 Å². The molecule has 45 heavy (non-hydrogen) atoms. The fourth-order valence-corrected chi connectivity index (χ4v) is 5.01. The van der Waals surface area contributed by atoms with Gasteiger partial charge in [0.15, 0.2) is 12.4 Å². The zero-order valence-corrected chi connectivity index (χ0v) is 25.6. The number of ether oxygens (including phenoxy) is 2. The number of urea groups is 1. The summed E-state index contributed by atoms with van der Waals surface area (Å²) in [6.45, 7) is 4.83. The molecule has 0 saturated carbocycles. The highest BCUT2D eigenvalue weighted by atomic mass is 16.6. The van der Waals surface area contributed by atoms with E-state index in [0.29, 0.717) is 24.4 Å². The molecule has 1 heterocycles. The number of benzene rings is 4. The minimum Gasteiger partial charge on any atom is -0.493 e. The molecule has 1 unspecified atom stereocenters. The number of carbonyl (C=O) groups is 2. The number of hydrogen-bond donors (Lipinski definition) is 2. The third-order valence-electron chi connectivity index (χ3n) is 7.29. The first-order chi connectivity index (χ1) is 22.0. The molecule has 5 aromatic rings. The molecule has 0 aliphatic heterocycles. The number of hydrogen-bond acceptors (Lipinski definition) is 4. The Balaban J connectivity index is 1.10. The van der Waals surface area contributed by atoms with Crippen LogP contribution in [0, 0.1) is 5.92 Å². The lowest BCUT2D eigenvalue weighted by Crippen LogP contribution is -2.45. The zero-order chi connectivity index (χ0) is 31.4. The van der Waals surface area contributed by atoms with Crippen molar-refractivity contribution in [1.82, 2.24) is 5.32 Å². The summed E-state index contributed by atoms with van der Waals surface area (Å²) in [6.07, 6.45) is 4.03. The predicted molar refractivity (Wildman–Crippen MR) is 176 cm³/mol. The Morgan fingerprint density at radius 1 is 0.778 bits per heavy atom. The minimum absolute atomic E-state index is 0.0335. The zero-order valence-electron chi connectivity index (χ0n) is 25.6. The maximum atomic E-state index is 12.7. The molecule has 0 fully saturated rings. The first-order valence-corrected chi connectivity index (χ1v) is 15.1. The van der Waals surface area contributed by atoms with Crippen molar-refractivity contribution in [3.05, 3.63) is 150 Å². The van der Waals surface area contributed by atoms with E-state index in [4.69, 9.17) is 9.47 Å². The molecule has 1 atom stereocenters. The maximum Gasteiger partial charge on any atom is 0.343 e. The predicted octanol–water partition coefficient (Wildman–Crippen LogP) is 7.60. The molecule has 1 aromatic heterocycles. The summed E-state index contributed by atoms with van der Waals surface area (Å²) in [4.78, 5) is 25.3. The highest BCUT2D eigenvalue weighted by molar-refractivity contribution is 5.89. The van der Waals surface area contributed by atoms with Crippen LogP contribution in [0.3, 0.4) is 0 Å². The van der Waals surface area contributed by atoms with Gasteiger partial charge in [-0.05, 0) is 59.2 Å². The number of esters is 1. The van der Waals surface area contributed by atoms with Gasteiger partial charge >= 0.3 is 18.2 Å². The Hall–Kier alpha value is -5.43. The average Bonchev–Trinajstić information content (AvgIpc) is 3.08. The monoisotopic (exact) mass is 600 g/mol. The van der Waals surface area contributed by atoms with Gasteiger partial charge in [0.25, 0.3) is 0 Å². The van der Waals surface area contributed by atoms with Gasteiger partial charge in [-0.3, -0.25) is 0 Å². The summed E-state index contributed by atoms with van der Waals surface area (Å²) in [7, 11) is 0. The SMILES string of the molecule is CC(C)C(OC(=O)c1ccccc1)[n+]1cccc(CNC(=O)Nc2ccc(OCCc3ccccc3-c3ccccc3)cc2)c1. The van der Waals surface area contributed by atoms with Gasteiger partial charge in [-0.2, -0.15) is 4.57 Å². The Kier molecular flexibility index (Phi) is 10.6. The van der Waals surface area contributed by atoms with Crippen molar-refractivity contribution in [2.24, 2.45) is 5.92 Å². The second-order valence-electron chi connectivity index (χ2n) is 11.0. The largest absolute Gasteiger partial charge is 0.493 e. The molecule has 7 nitrogen and oxygen atoms in total. The number of anilines is 1. The summed E-state index contributed by atoms with van der Waals surface area (Å²) in [5.74, 6) is 0.389. The van der Waals surface area contributed by atoms with E-state index >= 15 is 0 Å². The van der Waals surface area contributed by atoms with E-state index in [-0.39, 0.29) is 17.9 Å². The topological polar surface area (TPSA) is 80.5 Å². The Morgan fingerprint density at radius 3 is 2.20 bits per heavy atom. The molecule has 0 aliphatic carbocycles. The van der Waals surface area contributed by atoms with E-state index in [2.05, 4.69) is 47.0 Å². The molecule has 2 amide bonds. The summed E-state index contributed by atoms with van der Waals surface area (Å²) in [6, 6.07) is 38.5. The lowest BCUT2D eigenvalue weighted by Gasteiger charge is -2.17. The van der Waals surface area contributed by atoms with Crippen LogP contribution >= 0.6 is 0 Å². The van der Waals surface area contributed by atoms with Crippen LogP contribution in [-0.4, -0.2) is 18.6 Å². The molecule has 0 aliphatic rings. The number of pyridine rings is 1. The van der Waals surface area contributed by atoms with E-state index in [1.165, 1.54) is 16.7 Å². The van der Waals surface area contributed by atoms with E-state index in [1.54, 1.807) is 12.1 Å². The number of carbonyl (C=O) groups excluding carboxylic acids is 2. The molecule has 0 bridgehead atoms. The third-order valence-corrected chi connectivity index (χ3v) is 7.29. The van der Waals surface area contributed by atoms with Crippen molar-refractivity contribution in [2.45, 2.75) is 33.0 Å². The van der Waals surface area contributed by atoms with Crippen molar-refractivity contribution in [1.29, 1.82) is 0 Å². The van der Waals surface area contributed by atoms with Crippen molar-refractivity contribution in [2.75, 3.05) is 11.9 Å². The van der Waals surface area contributed by atoms with Crippen LogP contribution in [-0.2, 0) is 17.7 Å². The van der Waals surface area contributed by atoms with Crippen molar-refractivity contribution in [3.8, 4) is 16.9 Å². The van der Waals surface area contributed by atoms with Gasteiger partial charge in [0.1, 0.15) is 5.75 Å². The van der Waals surface area contributed by atoms with Gasteiger partial charge in [0.05, 0.1) is 24.6 Å². The van der Waals surface area contributed by atoms with Crippen LogP contribution in [0.5, 0.6) is 5.75 Å². The van der Waals surface area contributed by atoms with Crippen molar-refractivity contribution < 1.29 is 23.6 Å². The third kappa shape index (κ3) is 8.80. The Bertz CT molecular complexity index is 1690. The molecular formula is C38H38N3O4+. The van der Waals surface area contributed by atoms with Crippen LogP contribution in [0.15, 0.2) is 134 Å². The number of aromatic nitrogens is 1. The first kappa shape index (κ1) is 31.0. The normalized spacial score (nSPS) is 11.4. The molecule has 4 aromatic carbocycles. The van der Waals surface area contributed by atoms with Crippen LogP contribution in [0.25, 0.3) is 11.1 Å². The minimum atomic E-state index is -0.495. The van der Waals surface area contributed by atoms with E-state index in [9.17, 15) is 9.59 Å². The first-order valence-electron chi connectivity index (χ1n) is 15.1. The molecule has 0 spiro atoms. The molecule has 2 N–H and O–H groups in total. The summed E-state index contributed by atoms with van der Waals surface area (Å²) >= 11 is 0. The van der Waals surface area contributed by atoms with Gasteiger partial charge in [0, 0.05) is 23.7 Å².